The van der Waals surface area contributed by atoms with E-state index in [1.54, 1.807) is 0 Å². The van der Waals surface area contributed by atoms with Crippen molar-refractivity contribution < 1.29 is 22.6 Å². The first-order valence-corrected chi connectivity index (χ1v) is 6.82. The molecule has 1 heterocycles. The van der Waals surface area contributed by atoms with Gasteiger partial charge in [0.25, 0.3) is 0 Å². The molecule has 0 bridgehead atoms. The highest BCUT2D eigenvalue weighted by molar-refractivity contribution is 5.92. The van der Waals surface area contributed by atoms with Gasteiger partial charge in [0.05, 0.1) is 12.1 Å². The molecule has 0 spiro atoms. The fourth-order valence-electron chi connectivity index (χ4n) is 2.14. The van der Waals surface area contributed by atoms with Crippen LogP contribution in [-0.4, -0.2) is 31.1 Å². The van der Waals surface area contributed by atoms with Crippen molar-refractivity contribution in [3.8, 4) is 5.75 Å². The minimum absolute atomic E-state index is 0.182. The topological polar surface area (TPSA) is 68.9 Å². The Labute approximate surface area is 126 Å². The lowest BCUT2D eigenvalue weighted by molar-refractivity contribution is -0.274. The Kier molecular flexibility index (Phi) is 4.80. The largest absolute Gasteiger partial charge is 0.573 e. The molecule has 1 fully saturated rings. The van der Waals surface area contributed by atoms with Crippen molar-refractivity contribution in [2.75, 3.05) is 18.5 Å². The Hall–Kier alpha value is -1.96. The number of alkyl halides is 3. The maximum Gasteiger partial charge on any atom is 0.573 e. The molecule has 8 heteroatoms. The SMILES string of the molecule is CC1(CN=C(N)Nc2ccc(OC(F)(F)F)cc2)CCCO1. The molecule has 22 heavy (non-hydrogen) atoms. The summed E-state index contributed by atoms with van der Waals surface area (Å²) in [6, 6.07) is 5.25. The van der Waals surface area contributed by atoms with Gasteiger partial charge in [0.2, 0.25) is 0 Å². The van der Waals surface area contributed by atoms with Crippen LogP contribution in [0.1, 0.15) is 19.8 Å². The molecule has 1 aliphatic rings. The molecule has 1 aromatic carbocycles. The van der Waals surface area contributed by atoms with Gasteiger partial charge < -0.3 is 20.5 Å². The minimum atomic E-state index is -4.70. The van der Waals surface area contributed by atoms with Crippen LogP contribution >= 0.6 is 0 Å². The summed E-state index contributed by atoms with van der Waals surface area (Å²) in [4.78, 5) is 4.20. The molecule has 1 aromatic rings. The zero-order chi connectivity index (χ0) is 16.2. The van der Waals surface area contributed by atoms with Crippen LogP contribution in [0.3, 0.4) is 0 Å². The lowest BCUT2D eigenvalue weighted by Gasteiger charge is -2.20. The Balaban J connectivity index is 1.89. The van der Waals surface area contributed by atoms with Gasteiger partial charge >= 0.3 is 6.36 Å². The summed E-state index contributed by atoms with van der Waals surface area (Å²) >= 11 is 0. The van der Waals surface area contributed by atoms with Crippen molar-refractivity contribution >= 4 is 11.6 Å². The lowest BCUT2D eigenvalue weighted by atomic mass is 10.0. The van der Waals surface area contributed by atoms with E-state index in [4.69, 9.17) is 10.5 Å². The van der Waals surface area contributed by atoms with E-state index in [0.717, 1.165) is 19.4 Å². The Morgan fingerprint density at radius 3 is 2.64 bits per heavy atom. The molecule has 1 aliphatic heterocycles. The number of anilines is 1. The van der Waals surface area contributed by atoms with Gasteiger partial charge in [-0.1, -0.05) is 0 Å². The first kappa shape index (κ1) is 16.4. The van der Waals surface area contributed by atoms with Crippen molar-refractivity contribution in [1.29, 1.82) is 0 Å². The van der Waals surface area contributed by atoms with Gasteiger partial charge in [-0.25, -0.2) is 0 Å². The van der Waals surface area contributed by atoms with Crippen molar-refractivity contribution in [3.63, 3.8) is 0 Å². The van der Waals surface area contributed by atoms with E-state index in [9.17, 15) is 13.2 Å². The summed E-state index contributed by atoms with van der Waals surface area (Å²) in [6.07, 6.45) is -2.78. The van der Waals surface area contributed by atoms with Gasteiger partial charge in [0.15, 0.2) is 5.96 Å². The molecule has 0 aromatic heterocycles. The van der Waals surface area contributed by atoms with Crippen LogP contribution in [0.2, 0.25) is 0 Å². The van der Waals surface area contributed by atoms with Crippen LogP contribution in [0.5, 0.6) is 5.75 Å². The van der Waals surface area contributed by atoms with Crippen molar-refractivity contribution in [1.82, 2.24) is 0 Å². The highest BCUT2D eigenvalue weighted by Crippen LogP contribution is 2.25. The van der Waals surface area contributed by atoms with Gasteiger partial charge in [0.1, 0.15) is 5.75 Å². The zero-order valence-electron chi connectivity index (χ0n) is 12.1. The summed E-state index contributed by atoms with van der Waals surface area (Å²) in [5, 5.41) is 2.81. The number of halogens is 3. The monoisotopic (exact) mass is 317 g/mol. The first-order chi connectivity index (χ1) is 10.3. The molecule has 1 saturated heterocycles. The fourth-order valence-corrected chi connectivity index (χ4v) is 2.14. The third-order valence-electron chi connectivity index (χ3n) is 3.24. The summed E-state index contributed by atoms with van der Waals surface area (Å²) < 4.78 is 45.5. The summed E-state index contributed by atoms with van der Waals surface area (Å²) in [5.74, 6) is -0.110. The number of benzene rings is 1. The molecule has 0 aliphatic carbocycles. The first-order valence-electron chi connectivity index (χ1n) is 6.82. The standard InChI is InChI=1S/C14H18F3N3O2/c1-13(7-2-8-21-13)9-19-12(18)20-10-3-5-11(6-4-10)22-14(15,16)17/h3-6H,2,7-9H2,1H3,(H3,18,19,20). The number of nitrogens with one attached hydrogen (secondary N) is 1. The minimum Gasteiger partial charge on any atom is -0.406 e. The highest BCUT2D eigenvalue weighted by atomic mass is 19.4. The molecule has 5 nitrogen and oxygen atoms in total. The van der Waals surface area contributed by atoms with Crippen molar-refractivity contribution in [2.45, 2.75) is 31.7 Å². The summed E-state index contributed by atoms with van der Waals surface area (Å²) in [5.41, 5.74) is 5.98. The average molecular weight is 317 g/mol. The number of rotatable bonds is 4. The molecule has 0 saturated carbocycles. The van der Waals surface area contributed by atoms with Crippen molar-refractivity contribution in [2.24, 2.45) is 10.7 Å². The fraction of sp³-hybridized carbons (Fsp3) is 0.500. The predicted octanol–water partition coefficient (Wildman–Crippen LogP) is 2.88. The maximum atomic E-state index is 12.0. The quantitative estimate of drug-likeness (QED) is 0.662. The molecule has 1 unspecified atom stereocenters. The van der Waals surface area contributed by atoms with E-state index >= 15 is 0 Å². The van der Waals surface area contributed by atoms with Gasteiger partial charge in [-0.05, 0) is 44.0 Å². The number of ether oxygens (including phenoxy) is 2. The number of nitrogens with zero attached hydrogens (tertiary/aromatic N) is 1. The van der Waals surface area contributed by atoms with E-state index in [2.05, 4.69) is 15.0 Å². The van der Waals surface area contributed by atoms with E-state index < -0.39 is 6.36 Å². The number of hydrogen-bond acceptors (Lipinski definition) is 3. The second-order valence-electron chi connectivity index (χ2n) is 5.30. The van der Waals surface area contributed by atoms with Crippen LogP contribution in [-0.2, 0) is 4.74 Å². The van der Waals surface area contributed by atoms with Gasteiger partial charge in [-0.15, -0.1) is 13.2 Å². The van der Waals surface area contributed by atoms with E-state index in [1.807, 2.05) is 6.92 Å². The van der Waals surface area contributed by atoms with Crippen molar-refractivity contribution in [3.05, 3.63) is 24.3 Å². The maximum absolute atomic E-state index is 12.0. The molecule has 2 rings (SSSR count). The van der Waals surface area contributed by atoms with Gasteiger partial charge in [-0.3, -0.25) is 4.99 Å². The van der Waals surface area contributed by atoms with Crippen LogP contribution < -0.4 is 15.8 Å². The van der Waals surface area contributed by atoms with Crippen LogP contribution in [0.25, 0.3) is 0 Å². The summed E-state index contributed by atoms with van der Waals surface area (Å²) in [6.45, 7) is 3.13. The van der Waals surface area contributed by atoms with E-state index in [0.29, 0.717) is 12.2 Å². The molecule has 1 atom stereocenters. The molecular weight excluding hydrogens is 299 g/mol. The van der Waals surface area contributed by atoms with Gasteiger partial charge in [0, 0.05) is 12.3 Å². The average Bonchev–Trinajstić information content (AvgIpc) is 2.85. The molecule has 0 radical (unpaired) electrons. The molecular formula is C14H18F3N3O2. The molecule has 3 N–H and O–H groups in total. The highest BCUT2D eigenvalue weighted by Gasteiger charge is 2.31. The summed E-state index contributed by atoms with van der Waals surface area (Å²) in [7, 11) is 0. The molecule has 0 amide bonds. The second-order valence-corrected chi connectivity index (χ2v) is 5.30. The van der Waals surface area contributed by atoms with Crippen LogP contribution in [0, 0.1) is 0 Å². The Morgan fingerprint density at radius 1 is 1.41 bits per heavy atom. The normalized spacial score (nSPS) is 22.6. The number of nitrogens with two attached hydrogens (primary N) is 1. The Bertz CT molecular complexity index is 523. The Morgan fingerprint density at radius 2 is 2.09 bits per heavy atom. The lowest BCUT2D eigenvalue weighted by Crippen LogP contribution is -2.30. The van der Waals surface area contributed by atoms with E-state index in [-0.39, 0.29) is 17.3 Å². The smallest absolute Gasteiger partial charge is 0.406 e. The number of aliphatic imine (C=N–C) groups is 1. The van der Waals surface area contributed by atoms with Gasteiger partial charge in [-0.2, -0.15) is 0 Å². The van der Waals surface area contributed by atoms with Crippen LogP contribution in [0.15, 0.2) is 29.3 Å². The number of hydrogen-bond donors (Lipinski definition) is 2. The second kappa shape index (κ2) is 6.43. The van der Waals surface area contributed by atoms with Crippen LogP contribution in [0.4, 0.5) is 18.9 Å². The van der Waals surface area contributed by atoms with E-state index in [1.165, 1.54) is 24.3 Å². The third kappa shape index (κ3) is 5.10. The predicted molar refractivity (Wildman–Crippen MR) is 76.8 cm³/mol. The zero-order valence-corrected chi connectivity index (χ0v) is 12.1. The third-order valence-corrected chi connectivity index (χ3v) is 3.24. The molecule has 122 valence electrons. The number of guanidine groups is 1.